The summed E-state index contributed by atoms with van der Waals surface area (Å²) in [6, 6.07) is 9.92. The summed E-state index contributed by atoms with van der Waals surface area (Å²) in [5, 5.41) is 10.4. The molecule has 0 amide bonds. The third-order valence-corrected chi connectivity index (χ3v) is 2.77. The van der Waals surface area contributed by atoms with Gasteiger partial charge < -0.3 is 10.1 Å². The van der Waals surface area contributed by atoms with Crippen molar-refractivity contribution in [3.8, 4) is 11.4 Å². The summed E-state index contributed by atoms with van der Waals surface area (Å²) >= 11 is 0. The molecule has 2 N–H and O–H groups in total. The second kappa shape index (κ2) is 4.65. The second-order valence-corrected chi connectivity index (χ2v) is 3.97. The quantitative estimate of drug-likeness (QED) is 0.812. The molecule has 1 unspecified atom stereocenters. The molecule has 1 aromatic carbocycles. The first-order valence-corrected chi connectivity index (χ1v) is 5.73. The minimum Gasteiger partial charge on any atom is -0.368 e. The van der Waals surface area contributed by atoms with Crippen molar-refractivity contribution in [1.82, 2.24) is 20.5 Å². The summed E-state index contributed by atoms with van der Waals surface area (Å²) in [4.78, 5) is 4.47. The number of H-pyrrole nitrogens is 1. The molecule has 0 bridgehead atoms. The summed E-state index contributed by atoms with van der Waals surface area (Å²) in [5.41, 5.74) is 1.01. The number of hydrogen-bond acceptors (Lipinski definition) is 4. The lowest BCUT2D eigenvalue weighted by atomic mass is 10.2. The number of nitrogens with zero attached hydrogens (tertiary/aromatic N) is 2. The monoisotopic (exact) mass is 230 g/mol. The molecule has 1 saturated heterocycles. The van der Waals surface area contributed by atoms with Crippen molar-refractivity contribution in [3.63, 3.8) is 0 Å². The van der Waals surface area contributed by atoms with Crippen LogP contribution in [0.15, 0.2) is 30.3 Å². The summed E-state index contributed by atoms with van der Waals surface area (Å²) in [6.07, 6.45) is -0.0197. The molecular weight excluding hydrogens is 216 g/mol. The van der Waals surface area contributed by atoms with Gasteiger partial charge in [-0.2, -0.15) is 5.10 Å². The molecule has 1 fully saturated rings. The topological polar surface area (TPSA) is 62.8 Å². The zero-order valence-electron chi connectivity index (χ0n) is 9.39. The number of ether oxygens (including phenoxy) is 1. The van der Waals surface area contributed by atoms with E-state index in [2.05, 4.69) is 20.5 Å². The van der Waals surface area contributed by atoms with Crippen LogP contribution < -0.4 is 5.32 Å². The van der Waals surface area contributed by atoms with Crippen LogP contribution in [0.25, 0.3) is 11.4 Å². The second-order valence-electron chi connectivity index (χ2n) is 3.97. The van der Waals surface area contributed by atoms with Gasteiger partial charge in [0.15, 0.2) is 11.6 Å². The van der Waals surface area contributed by atoms with Crippen LogP contribution in [0.2, 0.25) is 0 Å². The molecule has 2 aromatic rings. The van der Waals surface area contributed by atoms with E-state index in [0.717, 1.165) is 30.3 Å². The Morgan fingerprint density at radius 1 is 1.24 bits per heavy atom. The predicted molar refractivity (Wildman–Crippen MR) is 63.4 cm³/mol. The van der Waals surface area contributed by atoms with E-state index >= 15 is 0 Å². The fraction of sp³-hybridized carbons (Fsp3) is 0.333. The molecule has 1 atom stereocenters. The molecule has 0 saturated carbocycles. The van der Waals surface area contributed by atoms with Gasteiger partial charge in [0.2, 0.25) is 0 Å². The van der Waals surface area contributed by atoms with Gasteiger partial charge in [0.05, 0.1) is 6.61 Å². The molecule has 88 valence electrons. The van der Waals surface area contributed by atoms with Crippen molar-refractivity contribution in [2.24, 2.45) is 0 Å². The van der Waals surface area contributed by atoms with Crippen molar-refractivity contribution >= 4 is 0 Å². The minimum absolute atomic E-state index is 0.0197. The Balaban J connectivity index is 1.83. The Kier molecular flexibility index (Phi) is 2.85. The standard InChI is InChI=1S/C12H14N4O/c1-2-4-9(5-3-1)11-14-12(16-15-11)10-8-13-6-7-17-10/h1-5,10,13H,6-8H2,(H,14,15,16). The lowest BCUT2D eigenvalue weighted by Gasteiger charge is -2.21. The van der Waals surface area contributed by atoms with Gasteiger partial charge in [-0.1, -0.05) is 30.3 Å². The maximum atomic E-state index is 5.62. The average molecular weight is 230 g/mol. The van der Waals surface area contributed by atoms with Gasteiger partial charge in [0, 0.05) is 18.7 Å². The van der Waals surface area contributed by atoms with Crippen LogP contribution in [0.4, 0.5) is 0 Å². The molecule has 3 rings (SSSR count). The van der Waals surface area contributed by atoms with Crippen molar-refractivity contribution in [2.45, 2.75) is 6.10 Å². The largest absolute Gasteiger partial charge is 0.368 e. The smallest absolute Gasteiger partial charge is 0.181 e. The van der Waals surface area contributed by atoms with Gasteiger partial charge in [-0.25, -0.2) is 4.98 Å². The highest BCUT2D eigenvalue weighted by Crippen LogP contribution is 2.18. The first-order chi connectivity index (χ1) is 8.43. The van der Waals surface area contributed by atoms with Gasteiger partial charge in [0.1, 0.15) is 6.10 Å². The van der Waals surface area contributed by atoms with Crippen molar-refractivity contribution in [2.75, 3.05) is 19.7 Å². The van der Waals surface area contributed by atoms with Crippen LogP contribution in [-0.4, -0.2) is 34.9 Å². The maximum Gasteiger partial charge on any atom is 0.181 e. The molecule has 1 aliphatic rings. The lowest BCUT2D eigenvalue weighted by Crippen LogP contribution is -2.33. The summed E-state index contributed by atoms with van der Waals surface area (Å²) < 4.78 is 5.62. The molecule has 1 aromatic heterocycles. The first-order valence-electron chi connectivity index (χ1n) is 5.73. The van der Waals surface area contributed by atoms with Crippen molar-refractivity contribution in [3.05, 3.63) is 36.2 Å². The van der Waals surface area contributed by atoms with Gasteiger partial charge in [0.25, 0.3) is 0 Å². The van der Waals surface area contributed by atoms with Gasteiger partial charge in [-0.05, 0) is 0 Å². The molecule has 1 aliphatic heterocycles. The normalized spacial score (nSPS) is 20.4. The van der Waals surface area contributed by atoms with E-state index in [-0.39, 0.29) is 6.10 Å². The molecule has 5 heteroatoms. The zero-order valence-corrected chi connectivity index (χ0v) is 9.39. The Hall–Kier alpha value is -1.72. The number of rotatable bonds is 2. The Morgan fingerprint density at radius 3 is 2.88 bits per heavy atom. The Morgan fingerprint density at radius 2 is 2.12 bits per heavy atom. The molecule has 0 spiro atoms. The van der Waals surface area contributed by atoms with E-state index in [1.165, 1.54) is 0 Å². The lowest BCUT2D eigenvalue weighted by molar-refractivity contribution is 0.0224. The van der Waals surface area contributed by atoms with E-state index in [0.29, 0.717) is 6.61 Å². The Bertz CT molecular complexity index is 476. The number of aromatic amines is 1. The minimum atomic E-state index is -0.0197. The molecule has 17 heavy (non-hydrogen) atoms. The third kappa shape index (κ3) is 2.20. The number of morpholine rings is 1. The fourth-order valence-electron chi connectivity index (χ4n) is 1.88. The zero-order chi connectivity index (χ0) is 11.5. The van der Waals surface area contributed by atoms with Crippen LogP contribution in [0, 0.1) is 0 Å². The molecule has 5 nitrogen and oxygen atoms in total. The third-order valence-electron chi connectivity index (χ3n) is 2.77. The van der Waals surface area contributed by atoms with Crippen LogP contribution in [0.3, 0.4) is 0 Å². The highest BCUT2D eigenvalue weighted by atomic mass is 16.5. The molecular formula is C12H14N4O. The van der Waals surface area contributed by atoms with E-state index in [9.17, 15) is 0 Å². The molecule has 0 radical (unpaired) electrons. The van der Waals surface area contributed by atoms with E-state index < -0.39 is 0 Å². The fourth-order valence-corrected chi connectivity index (χ4v) is 1.88. The molecule has 2 heterocycles. The summed E-state index contributed by atoms with van der Waals surface area (Å²) in [6.45, 7) is 2.39. The number of nitrogens with one attached hydrogen (secondary N) is 2. The SMILES string of the molecule is c1ccc(-c2n[nH]c(C3CNCCO3)n2)cc1. The van der Waals surface area contributed by atoms with Crippen LogP contribution in [0.1, 0.15) is 11.9 Å². The van der Waals surface area contributed by atoms with E-state index in [4.69, 9.17) is 4.74 Å². The van der Waals surface area contributed by atoms with Crippen LogP contribution >= 0.6 is 0 Å². The number of hydrogen-bond donors (Lipinski definition) is 2. The molecule has 0 aliphatic carbocycles. The maximum absolute atomic E-state index is 5.62. The van der Waals surface area contributed by atoms with E-state index in [1.807, 2.05) is 30.3 Å². The highest BCUT2D eigenvalue weighted by Gasteiger charge is 2.19. The van der Waals surface area contributed by atoms with Crippen LogP contribution in [-0.2, 0) is 4.74 Å². The Labute approximate surface area is 99.2 Å². The number of benzene rings is 1. The van der Waals surface area contributed by atoms with Gasteiger partial charge in [-0.3, -0.25) is 5.10 Å². The van der Waals surface area contributed by atoms with Crippen molar-refractivity contribution in [1.29, 1.82) is 0 Å². The average Bonchev–Trinajstić information content (AvgIpc) is 2.90. The van der Waals surface area contributed by atoms with Crippen LogP contribution in [0.5, 0.6) is 0 Å². The predicted octanol–water partition coefficient (Wildman–Crippen LogP) is 1.13. The van der Waals surface area contributed by atoms with Gasteiger partial charge in [-0.15, -0.1) is 0 Å². The van der Waals surface area contributed by atoms with Crippen molar-refractivity contribution < 1.29 is 4.74 Å². The highest BCUT2D eigenvalue weighted by molar-refractivity contribution is 5.53. The number of aromatic nitrogens is 3. The van der Waals surface area contributed by atoms with E-state index in [1.54, 1.807) is 0 Å². The summed E-state index contributed by atoms with van der Waals surface area (Å²) in [5.74, 6) is 1.51. The first kappa shape index (κ1) is 10.4. The van der Waals surface area contributed by atoms with Gasteiger partial charge >= 0.3 is 0 Å². The summed E-state index contributed by atoms with van der Waals surface area (Å²) in [7, 11) is 0.